The van der Waals surface area contributed by atoms with Gasteiger partial charge in [0, 0.05) is 25.0 Å². The molecule has 1 aromatic heterocycles. The molecule has 1 heterocycles. The molecule has 1 aliphatic rings. The van der Waals surface area contributed by atoms with Gasteiger partial charge in [0.1, 0.15) is 0 Å². The maximum Gasteiger partial charge on any atom is 0.0945 e. The standard InChI is InChI=1S/C16H21N3/c1-2-5-14(6-3-1)16(15-7-8-15)18-9-4-11-19-12-10-17-13-19/h1-3,5-6,10,12-13,15-16,18H,4,7-9,11H2. The van der Waals surface area contributed by atoms with Crippen LogP contribution in [0.25, 0.3) is 0 Å². The molecule has 1 atom stereocenters. The summed E-state index contributed by atoms with van der Waals surface area (Å²) in [5, 5.41) is 3.73. The van der Waals surface area contributed by atoms with Crippen molar-refractivity contribution in [2.45, 2.75) is 31.8 Å². The van der Waals surface area contributed by atoms with Gasteiger partial charge in [0.05, 0.1) is 6.33 Å². The number of benzene rings is 1. The zero-order valence-corrected chi connectivity index (χ0v) is 11.2. The minimum Gasteiger partial charge on any atom is -0.337 e. The minimum atomic E-state index is 0.545. The van der Waals surface area contributed by atoms with E-state index < -0.39 is 0 Å². The second-order valence-corrected chi connectivity index (χ2v) is 5.33. The van der Waals surface area contributed by atoms with Crippen LogP contribution in [0.1, 0.15) is 30.9 Å². The first kappa shape index (κ1) is 12.4. The highest BCUT2D eigenvalue weighted by Crippen LogP contribution is 2.40. The SMILES string of the molecule is c1ccc(C(NCCCn2ccnc2)C2CC2)cc1. The van der Waals surface area contributed by atoms with Crippen molar-refractivity contribution in [3.63, 3.8) is 0 Å². The van der Waals surface area contributed by atoms with Gasteiger partial charge >= 0.3 is 0 Å². The highest BCUT2D eigenvalue weighted by Gasteiger charge is 2.31. The maximum atomic E-state index is 4.06. The average Bonchev–Trinajstić information content (AvgIpc) is 3.15. The first-order valence-electron chi connectivity index (χ1n) is 7.17. The molecule has 1 fully saturated rings. The first-order valence-corrected chi connectivity index (χ1v) is 7.17. The van der Waals surface area contributed by atoms with Crippen LogP contribution in [-0.4, -0.2) is 16.1 Å². The molecule has 1 aromatic carbocycles. The Morgan fingerprint density at radius 1 is 1.26 bits per heavy atom. The Morgan fingerprint density at radius 2 is 2.11 bits per heavy atom. The fourth-order valence-corrected chi connectivity index (χ4v) is 2.58. The Labute approximate surface area is 114 Å². The smallest absolute Gasteiger partial charge is 0.0945 e. The van der Waals surface area contributed by atoms with E-state index in [9.17, 15) is 0 Å². The van der Waals surface area contributed by atoms with Gasteiger partial charge in [-0.05, 0) is 37.3 Å². The summed E-state index contributed by atoms with van der Waals surface area (Å²) in [5.41, 5.74) is 1.44. The van der Waals surface area contributed by atoms with Crippen LogP contribution in [0.4, 0.5) is 0 Å². The van der Waals surface area contributed by atoms with Gasteiger partial charge in [-0.25, -0.2) is 4.98 Å². The molecule has 1 N–H and O–H groups in total. The molecular formula is C16H21N3. The van der Waals surface area contributed by atoms with E-state index in [1.165, 1.54) is 18.4 Å². The van der Waals surface area contributed by atoms with Crippen LogP contribution in [0.3, 0.4) is 0 Å². The zero-order chi connectivity index (χ0) is 12.9. The molecule has 0 bridgehead atoms. The summed E-state index contributed by atoms with van der Waals surface area (Å²) >= 11 is 0. The first-order chi connectivity index (χ1) is 9.43. The topological polar surface area (TPSA) is 29.9 Å². The van der Waals surface area contributed by atoms with Gasteiger partial charge in [-0.2, -0.15) is 0 Å². The Morgan fingerprint density at radius 3 is 2.79 bits per heavy atom. The molecule has 3 heteroatoms. The Hall–Kier alpha value is -1.61. The predicted octanol–water partition coefficient (Wildman–Crippen LogP) is 3.01. The molecule has 0 aliphatic heterocycles. The van der Waals surface area contributed by atoms with E-state index in [4.69, 9.17) is 0 Å². The van der Waals surface area contributed by atoms with Crippen molar-refractivity contribution in [3.8, 4) is 0 Å². The van der Waals surface area contributed by atoms with Gasteiger partial charge in [-0.3, -0.25) is 0 Å². The number of nitrogens with zero attached hydrogens (tertiary/aromatic N) is 2. The van der Waals surface area contributed by atoms with Crippen LogP contribution in [0, 0.1) is 5.92 Å². The van der Waals surface area contributed by atoms with Gasteiger partial charge in [-0.1, -0.05) is 30.3 Å². The normalized spacial score (nSPS) is 16.4. The van der Waals surface area contributed by atoms with E-state index in [1.807, 2.05) is 18.7 Å². The Balaban J connectivity index is 1.49. The summed E-state index contributed by atoms with van der Waals surface area (Å²) in [7, 11) is 0. The number of aryl methyl sites for hydroxylation is 1. The molecule has 1 saturated carbocycles. The van der Waals surface area contributed by atoms with Crippen LogP contribution < -0.4 is 5.32 Å². The van der Waals surface area contributed by atoms with Crippen molar-refractivity contribution in [2.75, 3.05) is 6.54 Å². The molecular weight excluding hydrogens is 234 g/mol. The molecule has 1 aliphatic carbocycles. The summed E-state index contributed by atoms with van der Waals surface area (Å²) < 4.78 is 2.14. The molecule has 100 valence electrons. The maximum absolute atomic E-state index is 4.06. The van der Waals surface area contributed by atoms with Crippen molar-refractivity contribution >= 4 is 0 Å². The van der Waals surface area contributed by atoms with E-state index in [2.05, 4.69) is 45.2 Å². The Kier molecular flexibility index (Phi) is 3.94. The number of nitrogens with one attached hydrogen (secondary N) is 1. The third-order valence-electron chi connectivity index (χ3n) is 3.77. The van der Waals surface area contributed by atoms with Gasteiger partial charge in [-0.15, -0.1) is 0 Å². The molecule has 2 aromatic rings. The summed E-state index contributed by atoms with van der Waals surface area (Å²) in [5.74, 6) is 0.843. The Bertz CT molecular complexity index is 474. The lowest BCUT2D eigenvalue weighted by molar-refractivity contribution is 0.462. The van der Waals surface area contributed by atoms with E-state index in [1.54, 1.807) is 0 Å². The van der Waals surface area contributed by atoms with Crippen LogP contribution in [0.5, 0.6) is 0 Å². The number of hydrogen-bond donors (Lipinski definition) is 1. The molecule has 19 heavy (non-hydrogen) atoms. The summed E-state index contributed by atoms with van der Waals surface area (Å²) in [6.45, 7) is 2.10. The second-order valence-electron chi connectivity index (χ2n) is 5.33. The number of hydrogen-bond acceptors (Lipinski definition) is 2. The van der Waals surface area contributed by atoms with Crippen molar-refractivity contribution < 1.29 is 0 Å². The van der Waals surface area contributed by atoms with Crippen LogP contribution in [0.15, 0.2) is 49.1 Å². The van der Waals surface area contributed by atoms with Crippen molar-refractivity contribution in [3.05, 3.63) is 54.6 Å². The molecule has 3 rings (SSSR count). The molecule has 0 amide bonds. The minimum absolute atomic E-state index is 0.545. The van der Waals surface area contributed by atoms with E-state index >= 15 is 0 Å². The van der Waals surface area contributed by atoms with E-state index in [-0.39, 0.29) is 0 Å². The van der Waals surface area contributed by atoms with Crippen molar-refractivity contribution in [1.29, 1.82) is 0 Å². The van der Waals surface area contributed by atoms with Gasteiger partial charge in [0.2, 0.25) is 0 Å². The monoisotopic (exact) mass is 255 g/mol. The van der Waals surface area contributed by atoms with E-state index in [0.29, 0.717) is 6.04 Å². The fraction of sp³-hybridized carbons (Fsp3) is 0.438. The molecule has 3 nitrogen and oxygen atoms in total. The molecule has 1 unspecified atom stereocenters. The number of imidazole rings is 1. The predicted molar refractivity (Wildman–Crippen MR) is 76.8 cm³/mol. The largest absolute Gasteiger partial charge is 0.337 e. The second kappa shape index (κ2) is 6.02. The average molecular weight is 255 g/mol. The third kappa shape index (κ3) is 3.44. The van der Waals surface area contributed by atoms with Gasteiger partial charge < -0.3 is 9.88 Å². The third-order valence-corrected chi connectivity index (χ3v) is 3.77. The van der Waals surface area contributed by atoms with Crippen molar-refractivity contribution in [2.24, 2.45) is 5.92 Å². The lowest BCUT2D eigenvalue weighted by Crippen LogP contribution is -2.24. The van der Waals surface area contributed by atoms with Crippen molar-refractivity contribution in [1.82, 2.24) is 14.9 Å². The molecule has 0 saturated heterocycles. The highest BCUT2D eigenvalue weighted by atomic mass is 15.0. The highest BCUT2D eigenvalue weighted by molar-refractivity contribution is 5.21. The van der Waals surface area contributed by atoms with Gasteiger partial charge in [0.15, 0.2) is 0 Å². The van der Waals surface area contributed by atoms with Crippen LogP contribution in [-0.2, 0) is 6.54 Å². The van der Waals surface area contributed by atoms with Gasteiger partial charge in [0.25, 0.3) is 0 Å². The number of aromatic nitrogens is 2. The molecule has 0 radical (unpaired) electrons. The summed E-state index contributed by atoms with van der Waals surface area (Å²) in [4.78, 5) is 4.06. The van der Waals surface area contributed by atoms with Crippen LogP contribution in [0.2, 0.25) is 0 Å². The molecule has 0 spiro atoms. The lowest BCUT2D eigenvalue weighted by Gasteiger charge is -2.18. The summed E-state index contributed by atoms with van der Waals surface area (Å²) in [6, 6.07) is 11.4. The fourth-order valence-electron chi connectivity index (χ4n) is 2.58. The van der Waals surface area contributed by atoms with Crippen LogP contribution >= 0.6 is 0 Å². The zero-order valence-electron chi connectivity index (χ0n) is 11.2. The van der Waals surface area contributed by atoms with E-state index in [0.717, 1.165) is 25.4 Å². The number of rotatable bonds is 7. The summed E-state index contributed by atoms with van der Waals surface area (Å²) in [6.07, 6.45) is 9.63. The lowest BCUT2D eigenvalue weighted by atomic mass is 10.0. The quantitative estimate of drug-likeness (QED) is 0.771.